The molecule has 20 heavy (non-hydrogen) atoms. The number of carbonyl (C=O) groups is 1. The minimum atomic E-state index is -0.298. The van der Waals surface area contributed by atoms with E-state index in [2.05, 4.69) is 4.98 Å². The number of amides is 1. The Hall–Kier alpha value is -1.85. The number of hydrogen-bond acceptors (Lipinski definition) is 3. The average Bonchev–Trinajstić information content (AvgIpc) is 2.94. The first-order chi connectivity index (χ1) is 9.69. The molecule has 2 unspecified atom stereocenters. The molecule has 1 aliphatic rings. The van der Waals surface area contributed by atoms with Gasteiger partial charge < -0.3 is 19.7 Å². The van der Waals surface area contributed by atoms with Crippen LogP contribution in [0.3, 0.4) is 0 Å². The van der Waals surface area contributed by atoms with E-state index in [0.29, 0.717) is 18.7 Å². The Morgan fingerprint density at radius 3 is 3.10 bits per heavy atom. The number of hydrogen-bond donors (Lipinski definition) is 2. The van der Waals surface area contributed by atoms with E-state index in [4.69, 9.17) is 4.74 Å². The van der Waals surface area contributed by atoms with Crippen LogP contribution < -0.4 is 0 Å². The first-order valence-electron chi connectivity index (χ1n) is 6.80. The van der Waals surface area contributed by atoms with Crippen LogP contribution >= 0.6 is 0 Å². The number of morpholine rings is 1. The summed E-state index contributed by atoms with van der Waals surface area (Å²) < 4.78 is 5.57. The molecule has 5 nitrogen and oxygen atoms in total. The predicted molar refractivity (Wildman–Crippen MR) is 75.6 cm³/mol. The minimum Gasteiger partial charge on any atom is -0.394 e. The van der Waals surface area contributed by atoms with Crippen molar-refractivity contribution in [3.8, 4) is 0 Å². The van der Waals surface area contributed by atoms with Crippen molar-refractivity contribution in [2.75, 3.05) is 19.7 Å². The smallest absolute Gasteiger partial charge is 0.254 e. The highest BCUT2D eigenvalue weighted by molar-refractivity contribution is 6.06. The van der Waals surface area contributed by atoms with Crippen LogP contribution in [0.15, 0.2) is 30.5 Å². The van der Waals surface area contributed by atoms with Gasteiger partial charge in [0.2, 0.25) is 0 Å². The molecule has 1 fully saturated rings. The molecule has 106 valence electrons. The van der Waals surface area contributed by atoms with E-state index in [0.717, 1.165) is 10.9 Å². The van der Waals surface area contributed by atoms with E-state index in [-0.39, 0.29) is 24.7 Å². The van der Waals surface area contributed by atoms with Crippen molar-refractivity contribution in [2.24, 2.45) is 0 Å². The second-order valence-corrected chi connectivity index (χ2v) is 5.21. The van der Waals surface area contributed by atoms with Gasteiger partial charge in [-0.3, -0.25) is 4.79 Å². The molecule has 1 aromatic heterocycles. The number of aliphatic hydroxyl groups excluding tert-OH is 1. The van der Waals surface area contributed by atoms with Crippen molar-refractivity contribution in [1.29, 1.82) is 0 Å². The van der Waals surface area contributed by atoms with Crippen LogP contribution in [0, 0.1) is 0 Å². The topological polar surface area (TPSA) is 65.6 Å². The van der Waals surface area contributed by atoms with Gasteiger partial charge >= 0.3 is 0 Å². The molecule has 0 radical (unpaired) electrons. The van der Waals surface area contributed by atoms with Gasteiger partial charge in [-0.25, -0.2) is 0 Å². The zero-order valence-corrected chi connectivity index (χ0v) is 11.4. The molecule has 2 aromatic rings. The molecule has 2 atom stereocenters. The summed E-state index contributed by atoms with van der Waals surface area (Å²) in [6, 6.07) is 7.58. The Balaban J connectivity index is 1.90. The summed E-state index contributed by atoms with van der Waals surface area (Å²) in [5, 5.41) is 10.2. The van der Waals surface area contributed by atoms with Crippen molar-refractivity contribution in [3.05, 3.63) is 36.0 Å². The molecular weight excluding hydrogens is 256 g/mol. The monoisotopic (exact) mass is 274 g/mol. The number of carbonyl (C=O) groups excluding carboxylic acids is 1. The van der Waals surface area contributed by atoms with Crippen LogP contribution in [0.1, 0.15) is 17.3 Å². The lowest BCUT2D eigenvalue weighted by molar-refractivity contribution is -0.0858. The maximum absolute atomic E-state index is 12.7. The van der Waals surface area contributed by atoms with Gasteiger partial charge in [0.1, 0.15) is 0 Å². The summed E-state index contributed by atoms with van der Waals surface area (Å²) in [5.41, 5.74) is 1.64. The van der Waals surface area contributed by atoms with Gasteiger partial charge in [0.25, 0.3) is 5.91 Å². The van der Waals surface area contributed by atoms with Crippen LogP contribution in [-0.2, 0) is 4.74 Å². The van der Waals surface area contributed by atoms with E-state index in [1.807, 2.05) is 37.4 Å². The number of benzene rings is 1. The molecule has 0 bridgehead atoms. The van der Waals surface area contributed by atoms with Crippen molar-refractivity contribution < 1.29 is 14.6 Å². The van der Waals surface area contributed by atoms with E-state index in [1.165, 1.54) is 0 Å². The highest BCUT2D eigenvalue weighted by Crippen LogP contribution is 2.21. The number of nitrogens with one attached hydrogen (secondary N) is 1. The van der Waals surface area contributed by atoms with Crippen molar-refractivity contribution >= 4 is 16.8 Å². The molecule has 0 saturated carbocycles. The van der Waals surface area contributed by atoms with Gasteiger partial charge in [0.15, 0.2) is 0 Å². The third kappa shape index (κ3) is 2.30. The number of aromatic nitrogens is 1. The Bertz CT molecular complexity index is 622. The summed E-state index contributed by atoms with van der Waals surface area (Å²) in [5.74, 6) is -0.0104. The van der Waals surface area contributed by atoms with Crippen molar-refractivity contribution in [3.63, 3.8) is 0 Å². The molecule has 5 heteroatoms. The number of H-pyrrole nitrogens is 1. The fourth-order valence-electron chi connectivity index (χ4n) is 2.75. The van der Waals surface area contributed by atoms with Gasteiger partial charge in [-0.05, 0) is 25.1 Å². The summed E-state index contributed by atoms with van der Waals surface area (Å²) in [6.45, 7) is 2.83. The molecular formula is C15H18N2O3. The third-order valence-electron chi connectivity index (χ3n) is 3.64. The quantitative estimate of drug-likeness (QED) is 0.869. The lowest BCUT2D eigenvalue weighted by Crippen LogP contribution is -2.50. The maximum Gasteiger partial charge on any atom is 0.254 e. The lowest BCUT2D eigenvalue weighted by Gasteiger charge is -2.36. The zero-order valence-electron chi connectivity index (χ0n) is 11.4. The summed E-state index contributed by atoms with van der Waals surface area (Å²) in [4.78, 5) is 17.6. The number of fused-ring (bicyclic) bond motifs is 1. The number of ether oxygens (including phenoxy) is 1. The molecule has 0 spiro atoms. The lowest BCUT2D eigenvalue weighted by atomic mass is 10.1. The maximum atomic E-state index is 12.7. The summed E-state index contributed by atoms with van der Waals surface area (Å²) >= 11 is 0. The second kappa shape index (κ2) is 5.26. The largest absolute Gasteiger partial charge is 0.394 e. The number of aliphatic hydroxyl groups is 1. The fourth-order valence-corrected chi connectivity index (χ4v) is 2.75. The van der Waals surface area contributed by atoms with Crippen LogP contribution in [0.4, 0.5) is 0 Å². The van der Waals surface area contributed by atoms with Gasteiger partial charge in [0.05, 0.1) is 18.8 Å². The fraction of sp³-hybridized carbons (Fsp3) is 0.400. The zero-order chi connectivity index (χ0) is 14.1. The third-order valence-corrected chi connectivity index (χ3v) is 3.64. The average molecular weight is 274 g/mol. The Morgan fingerprint density at radius 2 is 2.30 bits per heavy atom. The normalized spacial score (nSPS) is 23.2. The highest BCUT2D eigenvalue weighted by atomic mass is 16.5. The van der Waals surface area contributed by atoms with Gasteiger partial charge in [0, 0.05) is 35.8 Å². The number of aromatic amines is 1. The molecule has 2 heterocycles. The molecule has 1 aromatic carbocycles. The van der Waals surface area contributed by atoms with Gasteiger partial charge in [-0.1, -0.05) is 6.07 Å². The van der Waals surface area contributed by atoms with E-state index in [9.17, 15) is 9.90 Å². The number of nitrogens with zero attached hydrogens (tertiary/aromatic N) is 1. The van der Waals surface area contributed by atoms with Crippen molar-refractivity contribution in [2.45, 2.75) is 19.1 Å². The van der Waals surface area contributed by atoms with Crippen LogP contribution in [0.2, 0.25) is 0 Å². The van der Waals surface area contributed by atoms with E-state index >= 15 is 0 Å². The first-order valence-corrected chi connectivity index (χ1v) is 6.80. The molecule has 2 N–H and O–H groups in total. The summed E-state index contributed by atoms with van der Waals surface area (Å²) in [6.07, 6.45) is 1.48. The standard InChI is InChI=1S/C15H18N2O3/c1-10-7-17(8-11(9-18)20-10)15(19)13-3-2-4-14-12(13)5-6-16-14/h2-6,10-11,16,18H,7-9H2,1H3. The SMILES string of the molecule is CC1CN(C(=O)c2cccc3[nH]ccc23)CC(CO)O1. The Kier molecular flexibility index (Phi) is 3.46. The van der Waals surface area contributed by atoms with Gasteiger partial charge in [-0.15, -0.1) is 0 Å². The predicted octanol–water partition coefficient (Wildman–Crippen LogP) is 1.39. The molecule has 3 rings (SSSR count). The van der Waals surface area contributed by atoms with Crippen LogP contribution in [0.25, 0.3) is 10.9 Å². The Labute approximate surface area is 117 Å². The second-order valence-electron chi connectivity index (χ2n) is 5.21. The minimum absolute atomic E-state index is 0.0104. The Morgan fingerprint density at radius 1 is 1.45 bits per heavy atom. The molecule has 1 aliphatic heterocycles. The summed E-state index contributed by atoms with van der Waals surface area (Å²) in [7, 11) is 0. The van der Waals surface area contributed by atoms with E-state index in [1.54, 1.807) is 4.90 Å². The molecule has 0 aliphatic carbocycles. The van der Waals surface area contributed by atoms with Crippen molar-refractivity contribution in [1.82, 2.24) is 9.88 Å². The van der Waals surface area contributed by atoms with E-state index < -0.39 is 0 Å². The van der Waals surface area contributed by atoms with Gasteiger partial charge in [-0.2, -0.15) is 0 Å². The molecule has 1 saturated heterocycles. The van der Waals surface area contributed by atoms with Crippen LogP contribution in [0.5, 0.6) is 0 Å². The molecule has 1 amide bonds. The number of rotatable bonds is 2. The first kappa shape index (κ1) is 13.1. The van der Waals surface area contributed by atoms with Crippen LogP contribution in [-0.4, -0.2) is 52.8 Å². The highest BCUT2D eigenvalue weighted by Gasteiger charge is 2.29.